The summed E-state index contributed by atoms with van der Waals surface area (Å²) in [5.41, 5.74) is 1.04. The highest BCUT2D eigenvalue weighted by atomic mass is 35.5. The van der Waals surface area contributed by atoms with Crippen LogP contribution in [0.4, 0.5) is 0 Å². The van der Waals surface area contributed by atoms with Crippen LogP contribution in [-0.4, -0.2) is 52.9 Å². The smallest absolute Gasteiger partial charge is 0.217 e. The molecule has 0 spiro atoms. The highest BCUT2D eigenvalue weighted by Gasteiger charge is 2.54. The minimum Gasteiger partial charge on any atom is -0.387 e. The molecule has 1 saturated carbocycles. The van der Waals surface area contributed by atoms with Crippen LogP contribution >= 0.6 is 34.8 Å². The molecule has 0 radical (unpaired) electrons. The van der Waals surface area contributed by atoms with Crippen LogP contribution in [0.25, 0.3) is 0 Å². The van der Waals surface area contributed by atoms with E-state index in [1.165, 1.54) is 18.2 Å². The number of aliphatic hydroxyl groups is 1. The quantitative estimate of drug-likeness (QED) is 0.206. The fourth-order valence-corrected chi connectivity index (χ4v) is 6.97. The minimum atomic E-state index is -0.963. The van der Waals surface area contributed by atoms with Crippen molar-refractivity contribution < 1.29 is 14.6 Å². The summed E-state index contributed by atoms with van der Waals surface area (Å²) in [6.07, 6.45) is 11.2. The fourth-order valence-electron chi connectivity index (χ4n) is 6.29. The van der Waals surface area contributed by atoms with E-state index >= 15 is 0 Å². The van der Waals surface area contributed by atoms with E-state index in [9.17, 15) is 5.11 Å². The lowest BCUT2D eigenvalue weighted by Crippen LogP contribution is -2.49. The Morgan fingerprint density at radius 1 is 0.932 bits per heavy atom. The molecule has 2 aromatic heterocycles. The van der Waals surface area contributed by atoms with Gasteiger partial charge in [0.2, 0.25) is 5.79 Å². The first-order valence-electron chi connectivity index (χ1n) is 14.9. The predicted octanol–water partition coefficient (Wildman–Crippen LogP) is 6.99. The van der Waals surface area contributed by atoms with Crippen LogP contribution in [-0.2, 0) is 34.8 Å². The highest BCUT2D eigenvalue weighted by Crippen LogP contribution is 2.51. The Bertz CT molecular complexity index is 1490. The maximum absolute atomic E-state index is 11.5. The minimum absolute atomic E-state index is 0.0419. The van der Waals surface area contributed by atoms with Gasteiger partial charge in [-0.3, -0.25) is 4.68 Å². The summed E-state index contributed by atoms with van der Waals surface area (Å²) < 4.78 is 15.7. The van der Waals surface area contributed by atoms with Gasteiger partial charge in [0.05, 0.1) is 29.9 Å². The summed E-state index contributed by atoms with van der Waals surface area (Å²) >= 11 is 18.3. The monoisotopic (exact) mass is 660 g/mol. The third-order valence-electron chi connectivity index (χ3n) is 8.88. The fraction of sp³-hybridized carbons (Fsp3) is 0.500. The van der Waals surface area contributed by atoms with Gasteiger partial charge in [-0.05, 0) is 66.8 Å². The van der Waals surface area contributed by atoms with Crippen molar-refractivity contribution >= 4 is 34.8 Å². The average Bonchev–Trinajstić information content (AvgIpc) is 3.79. The van der Waals surface area contributed by atoms with E-state index < -0.39 is 11.4 Å². The SMILES string of the molecule is CC1(C)CCC(Cc2ccc(Cl)cc2)C1(O)Cn1cncn1.CCCC1COC(Cn2cncn2)(c2ccc(Cl)cc2Cl)O1. The van der Waals surface area contributed by atoms with Gasteiger partial charge in [-0.1, -0.05) is 80.2 Å². The van der Waals surface area contributed by atoms with Gasteiger partial charge < -0.3 is 14.6 Å². The lowest BCUT2D eigenvalue weighted by molar-refractivity contribution is -0.189. The number of ether oxygens (including phenoxy) is 2. The van der Waals surface area contributed by atoms with Crippen LogP contribution in [0, 0.1) is 11.3 Å². The zero-order chi connectivity index (χ0) is 31.4. The van der Waals surface area contributed by atoms with Gasteiger partial charge in [-0.2, -0.15) is 10.2 Å². The first-order chi connectivity index (χ1) is 21.0. The highest BCUT2D eigenvalue weighted by molar-refractivity contribution is 6.35. The Balaban J connectivity index is 0.000000175. The summed E-state index contributed by atoms with van der Waals surface area (Å²) in [5.74, 6) is -0.761. The molecule has 2 fully saturated rings. The predicted molar refractivity (Wildman–Crippen MR) is 171 cm³/mol. The van der Waals surface area contributed by atoms with E-state index in [1.807, 2.05) is 30.3 Å². The molecule has 1 N–H and O–H groups in total. The van der Waals surface area contributed by atoms with E-state index in [-0.39, 0.29) is 17.4 Å². The molecule has 2 aliphatic rings. The normalized spacial score (nSPS) is 26.0. The summed E-state index contributed by atoms with van der Waals surface area (Å²) in [5, 5.41) is 21.6. The molecule has 3 heterocycles. The molecule has 44 heavy (non-hydrogen) atoms. The average molecular weight is 662 g/mol. The van der Waals surface area contributed by atoms with Gasteiger partial charge in [-0.25, -0.2) is 14.6 Å². The molecule has 236 valence electrons. The molecule has 0 amide bonds. The number of rotatable bonds is 9. The molecule has 12 heteroatoms. The second-order valence-corrected chi connectivity index (χ2v) is 13.6. The topological polar surface area (TPSA) is 100 Å². The van der Waals surface area contributed by atoms with Crippen molar-refractivity contribution in [2.24, 2.45) is 11.3 Å². The molecule has 1 aliphatic carbocycles. The lowest BCUT2D eigenvalue weighted by atomic mass is 9.72. The summed E-state index contributed by atoms with van der Waals surface area (Å²) in [4.78, 5) is 7.96. The number of benzene rings is 2. The summed E-state index contributed by atoms with van der Waals surface area (Å²) in [6.45, 7) is 7.81. The second kappa shape index (κ2) is 13.8. The molecular weight excluding hydrogens is 623 g/mol. The third-order valence-corrected chi connectivity index (χ3v) is 9.68. The van der Waals surface area contributed by atoms with Crippen LogP contribution in [0.3, 0.4) is 0 Å². The maximum atomic E-state index is 11.5. The Morgan fingerprint density at radius 3 is 2.20 bits per heavy atom. The van der Waals surface area contributed by atoms with Crippen molar-refractivity contribution in [2.75, 3.05) is 6.61 Å². The first-order valence-corrected chi connectivity index (χ1v) is 16.1. The van der Waals surface area contributed by atoms with Crippen LogP contribution in [0.2, 0.25) is 15.1 Å². The van der Waals surface area contributed by atoms with Crippen molar-refractivity contribution in [1.82, 2.24) is 29.5 Å². The molecule has 9 nitrogen and oxygen atoms in total. The van der Waals surface area contributed by atoms with E-state index in [0.29, 0.717) is 29.7 Å². The number of hydrogen-bond acceptors (Lipinski definition) is 7. The van der Waals surface area contributed by atoms with Crippen LogP contribution < -0.4 is 0 Å². The first kappa shape index (κ1) is 32.9. The van der Waals surface area contributed by atoms with E-state index in [2.05, 4.69) is 40.9 Å². The van der Waals surface area contributed by atoms with Gasteiger partial charge in [0.15, 0.2) is 0 Å². The zero-order valence-corrected chi connectivity index (χ0v) is 27.5. The number of hydrogen-bond donors (Lipinski definition) is 1. The second-order valence-electron chi connectivity index (χ2n) is 12.3. The van der Waals surface area contributed by atoms with E-state index in [4.69, 9.17) is 44.3 Å². The van der Waals surface area contributed by atoms with Crippen molar-refractivity contribution in [2.45, 2.75) is 83.5 Å². The number of nitrogens with zero attached hydrogens (tertiary/aromatic N) is 6. The van der Waals surface area contributed by atoms with Gasteiger partial charge in [0, 0.05) is 15.6 Å². The summed E-state index contributed by atoms with van der Waals surface area (Å²) in [6, 6.07) is 13.2. The molecule has 0 bridgehead atoms. The largest absolute Gasteiger partial charge is 0.387 e. The van der Waals surface area contributed by atoms with Crippen molar-refractivity contribution in [1.29, 1.82) is 0 Å². The van der Waals surface area contributed by atoms with Crippen LogP contribution in [0.1, 0.15) is 57.6 Å². The standard InChI is InChI=1S/C17H22ClN3O.C15H17Cl2N3O2/c1-16(2)8-7-14(9-13-3-5-15(18)6-4-13)17(16,22)10-21-12-19-11-20-21;1-2-3-12-7-21-15(22-12,8-20-10-18-9-19-20)13-5-4-11(16)6-14(13)17/h3-6,11-12,14,22H,7-10H2,1-2H3;4-6,9-10,12H,2-3,7-8H2,1H3. The number of aromatic nitrogens is 6. The van der Waals surface area contributed by atoms with Gasteiger partial charge >= 0.3 is 0 Å². The molecule has 4 aromatic rings. The van der Waals surface area contributed by atoms with Crippen LogP contribution in [0.15, 0.2) is 67.8 Å². The Hall–Kier alpha value is -2.53. The molecule has 4 unspecified atom stereocenters. The number of halogens is 3. The van der Waals surface area contributed by atoms with E-state index in [1.54, 1.807) is 34.2 Å². The Kier molecular flexibility index (Phi) is 10.3. The van der Waals surface area contributed by atoms with Crippen LogP contribution in [0.5, 0.6) is 0 Å². The summed E-state index contributed by atoms with van der Waals surface area (Å²) in [7, 11) is 0. The van der Waals surface area contributed by atoms with Crippen molar-refractivity contribution in [3.8, 4) is 0 Å². The van der Waals surface area contributed by atoms with Gasteiger partial charge in [0.1, 0.15) is 31.9 Å². The van der Waals surface area contributed by atoms with Crippen molar-refractivity contribution in [3.05, 3.63) is 94.0 Å². The van der Waals surface area contributed by atoms with Crippen molar-refractivity contribution in [3.63, 3.8) is 0 Å². The lowest BCUT2D eigenvalue weighted by Gasteiger charge is -2.40. The van der Waals surface area contributed by atoms with Gasteiger partial charge in [-0.15, -0.1) is 0 Å². The molecule has 1 saturated heterocycles. The third kappa shape index (κ3) is 7.30. The molecular formula is C32H39Cl3N6O3. The Labute approximate surface area is 273 Å². The Morgan fingerprint density at radius 2 is 1.59 bits per heavy atom. The van der Waals surface area contributed by atoms with Gasteiger partial charge in [0.25, 0.3) is 0 Å². The molecule has 1 aliphatic heterocycles. The molecule has 4 atom stereocenters. The molecule has 2 aromatic carbocycles. The maximum Gasteiger partial charge on any atom is 0.217 e. The molecule has 6 rings (SSSR count). The zero-order valence-electron chi connectivity index (χ0n) is 25.2. The van der Waals surface area contributed by atoms with E-state index in [0.717, 1.165) is 42.7 Å².